The van der Waals surface area contributed by atoms with Crippen LogP contribution in [0.4, 0.5) is 0 Å². The summed E-state index contributed by atoms with van der Waals surface area (Å²) in [7, 11) is -1.43. The summed E-state index contributed by atoms with van der Waals surface area (Å²) in [5.41, 5.74) is 2.23. The van der Waals surface area contributed by atoms with E-state index in [1.165, 1.54) is 0 Å². The minimum absolute atomic E-state index is 0. The van der Waals surface area contributed by atoms with Gasteiger partial charge in [0, 0.05) is 32.2 Å². The number of guanidine groups is 1. The first-order chi connectivity index (χ1) is 12.2. The molecule has 1 rings (SSSR count). The van der Waals surface area contributed by atoms with Gasteiger partial charge < -0.3 is 15.4 Å². The molecule has 0 aliphatic heterocycles. The maximum absolute atomic E-state index is 11.0. The monoisotopic (exact) mass is 512 g/mol. The number of hydrogen-bond acceptors (Lipinski definition) is 4. The molecule has 0 fully saturated rings. The van der Waals surface area contributed by atoms with Crippen LogP contribution in [0.1, 0.15) is 37.8 Å². The fraction of sp³-hybridized carbons (Fsp3) is 0.611. The molecular weight excluding hydrogens is 479 g/mol. The molecule has 0 aliphatic rings. The quantitative estimate of drug-likeness (QED) is 0.194. The summed E-state index contributed by atoms with van der Waals surface area (Å²) in [5, 5.41) is 6.44. The number of nitrogens with one attached hydrogen (secondary N) is 3. The Hall–Kier alpha value is -1.07. The zero-order valence-corrected chi connectivity index (χ0v) is 20.0. The Bertz CT molecular complexity index is 696. The molecule has 156 valence electrons. The molecular formula is C18H33IN4O3S. The number of sulfonamides is 1. The molecule has 1 unspecified atom stereocenters. The SMILES string of the molecule is CCC(C)Oc1cc(C)ccc1CNC(=NC)NCCCNS(C)(=O)=O.I. The molecule has 27 heavy (non-hydrogen) atoms. The normalized spacial score (nSPS) is 12.9. The summed E-state index contributed by atoms with van der Waals surface area (Å²) in [6, 6.07) is 6.17. The summed E-state index contributed by atoms with van der Waals surface area (Å²) in [6.45, 7) is 7.81. The number of ether oxygens (including phenoxy) is 1. The lowest BCUT2D eigenvalue weighted by Crippen LogP contribution is -2.38. The summed E-state index contributed by atoms with van der Waals surface area (Å²) in [6.07, 6.45) is 2.93. The molecule has 7 nitrogen and oxygen atoms in total. The van der Waals surface area contributed by atoms with E-state index in [2.05, 4.69) is 52.4 Å². The van der Waals surface area contributed by atoms with Gasteiger partial charge in [-0.2, -0.15) is 0 Å². The van der Waals surface area contributed by atoms with Crippen molar-refractivity contribution in [2.24, 2.45) is 4.99 Å². The molecule has 1 aromatic carbocycles. The lowest BCUT2D eigenvalue weighted by atomic mass is 10.1. The third kappa shape index (κ3) is 11.4. The molecule has 0 spiro atoms. The van der Waals surface area contributed by atoms with Gasteiger partial charge >= 0.3 is 0 Å². The van der Waals surface area contributed by atoms with E-state index in [4.69, 9.17) is 4.74 Å². The van der Waals surface area contributed by atoms with Crippen LogP contribution in [0.3, 0.4) is 0 Å². The third-order valence-electron chi connectivity index (χ3n) is 3.81. The van der Waals surface area contributed by atoms with Crippen molar-refractivity contribution in [1.29, 1.82) is 0 Å². The van der Waals surface area contributed by atoms with Crippen LogP contribution in [0.25, 0.3) is 0 Å². The van der Waals surface area contributed by atoms with Gasteiger partial charge in [0.05, 0.1) is 12.4 Å². The highest BCUT2D eigenvalue weighted by Crippen LogP contribution is 2.22. The van der Waals surface area contributed by atoms with E-state index in [1.54, 1.807) is 7.05 Å². The van der Waals surface area contributed by atoms with Crippen LogP contribution in [-0.2, 0) is 16.6 Å². The molecule has 0 aliphatic carbocycles. The van der Waals surface area contributed by atoms with E-state index in [1.807, 2.05) is 6.92 Å². The Morgan fingerprint density at radius 1 is 1.26 bits per heavy atom. The van der Waals surface area contributed by atoms with Crippen LogP contribution in [0.2, 0.25) is 0 Å². The first-order valence-electron chi connectivity index (χ1n) is 8.90. The summed E-state index contributed by atoms with van der Waals surface area (Å²) >= 11 is 0. The molecule has 1 aromatic rings. The number of nitrogens with zero attached hydrogens (tertiary/aromatic N) is 1. The van der Waals surface area contributed by atoms with Crippen molar-refractivity contribution in [1.82, 2.24) is 15.4 Å². The van der Waals surface area contributed by atoms with Crippen LogP contribution in [0, 0.1) is 6.92 Å². The first-order valence-corrected chi connectivity index (χ1v) is 10.8. The van der Waals surface area contributed by atoms with Crippen LogP contribution < -0.4 is 20.1 Å². The molecule has 0 aromatic heterocycles. The number of aryl methyl sites for hydroxylation is 1. The van der Waals surface area contributed by atoms with Gasteiger partial charge in [-0.25, -0.2) is 13.1 Å². The Labute approximate surface area is 180 Å². The van der Waals surface area contributed by atoms with E-state index in [9.17, 15) is 8.42 Å². The van der Waals surface area contributed by atoms with Crippen molar-refractivity contribution in [3.63, 3.8) is 0 Å². The fourth-order valence-electron chi connectivity index (χ4n) is 2.17. The van der Waals surface area contributed by atoms with E-state index in [0.29, 0.717) is 32.0 Å². The van der Waals surface area contributed by atoms with Crippen LogP contribution in [0.5, 0.6) is 5.75 Å². The molecule has 0 heterocycles. The predicted octanol–water partition coefficient (Wildman–Crippen LogP) is 2.39. The molecule has 1 atom stereocenters. The van der Waals surface area contributed by atoms with Crippen molar-refractivity contribution >= 4 is 40.0 Å². The van der Waals surface area contributed by atoms with Crippen LogP contribution in [-0.4, -0.2) is 46.9 Å². The number of halogens is 1. The minimum atomic E-state index is -3.13. The molecule has 3 N–H and O–H groups in total. The van der Waals surface area contributed by atoms with Crippen molar-refractivity contribution in [3.8, 4) is 5.75 Å². The number of benzene rings is 1. The van der Waals surface area contributed by atoms with Gasteiger partial charge in [-0.15, -0.1) is 24.0 Å². The second-order valence-electron chi connectivity index (χ2n) is 6.32. The number of hydrogen-bond donors (Lipinski definition) is 3. The van der Waals surface area contributed by atoms with E-state index in [-0.39, 0.29) is 30.1 Å². The Balaban J connectivity index is 0.00000676. The van der Waals surface area contributed by atoms with Gasteiger partial charge in [-0.05, 0) is 38.3 Å². The van der Waals surface area contributed by atoms with Crippen molar-refractivity contribution < 1.29 is 13.2 Å². The zero-order valence-electron chi connectivity index (χ0n) is 16.8. The molecule has 0 saturated carbocycles. The molecule has 0 saturated heterocycles. The average molecular weight is 512 g/mol. The van der Waals surface area contributed by atoms with E-state index in [0.717, 1.165) is 29.6 Å². The molecule has 0 amide bonds. The van der Waals surface area contributed by atoms with Gasteiger partial charge in [0.2, 0.25) is 10.0 Å². The molecule has 0 radical (unpaired) electrons. The number of rotatable bonds is 10. The van der Waals surface area contributed by atoms with Crippen molar-refractivity contribution in [2.75, 3.05) is 26.4 Å². The highest BCUT2D eigenvalue weighted by Gasteiger charge is 2.09. The van der Waals surface area contributed by atoms with Gasteiger partial charge in [-0.1, -0.05) is 19.1 Å². The van der Waals surface area contributed by atoms with Gasteiger partial charge in [0.15, 0.2) is 5.96 Å². The van der Waals surface area contributed by atoms with Gasteiger partial charge in [-0.3, -0.25) is 4.99 Å². The number of aliphatic imine (C=N–C) groups is 1. The highest BCUT2D eigenvalue weighted by molar-refractivity contribution is 14.0. The molecule has 9 heteroatoms. The van der Waals surface area contributed by atoms with E-state index < -0.39 is 10.0 Å². The third-order valence-corrected chi connectivity index (χ3v) is 4.53. The summed E-state index contributed by atoms with van der Waals surface area (Å²) in [5.74, 6) is 1.55. The van der Waals surface area contributed by atoms with Crippen LogP contribution in [0.15, 0.2) is 23.2 Å². The Morgan fingerprint density at radius 2 is 1.96 bits per heavy atom. The second-order valence-corrected chi connectivity index (χ2v) is 8.15. The average Bonchev–Trinajstić information content (AvgIpc) is 2.57. The van der Waals surface area contributed by atoms with Gasteiger partial charge in [0.25, 0.3) is 0 Å². The summed E-state index contributed by atoms with van der Waals surface area (Å²) < 4.78 is 30.5. The Morgan fingerprint density at radius 3 is 2.56 bits per heavy atom. The van der Waals surface area contributed by atoms with Crippen LogP contribution >= 0.6 is 24.0 Å². The highest BCUT2D eigenvalue weighted by atomic mass is 127. The zero-order chi connectivity index (χ0) is 19.6. The summed E-state index contributed by atoms with van der Waals surface area (Å²) in [4.78, 5) is 4.19. The standard InChI is InChI=1S/C18H32N4O3S.HI/c1-6-15(3)25-17-12-14(2)8-9-16(17)13-21-18(19-4)20-10-7-11-22-26(5,23)24;/h8-9,12,15,22H,6-7,10-11,13H2,1-5H3,(H2,19,20,21);1H. The lowest BCUT2D eigenvalue weighted by Gasteiger charge is -2.18. The van der Waals surface area contributed by atoms with Crippen molar-refractivity contribution in [2.45, 2.75) is 46.3 Å². The molecule has 0 bridgehead atoms. The minimum Gasteiger partial charge on any atom is -0.490 e. The topological polar surface area (TPSA) is 91.8 Å². The first kappa shape index (κ1) is 25.9. The van der Waals surface area contributed by atoms with Crippen molar-refractivity contribution in [3.05, 3.63) is 29.3 Å². The maximum Gasteiger partial charge on any atom is 0.208 e. The predicted molar refractivity (Wildman–Crippen MR) is 123 cm³/mol. The van der Waals surface area contributed by atoms with Gasteiger partial charge in [0.1, 0.15) is 5.75 Å². The second kappa shape index (κ2) is 13.2. The smallest absolute Gasteiger partial charge is 0.208 e. The van der Waals surface area contributed by atoms with E-state index >= 15 is 0 Å². The fourth-order valence-corrected chi connectivity index (χ4v) is 2.69. The maximum atomic E-state index is 11.0. The Kier molecular flexibility index (Phi) is 12.6. The lowest BCUT2D eigenvalue weighted by molar-refractivity contribution is 0.215. The largest absolute Gasteiger partial charge is 0.490 e.